The fourth-order valence-corrected chi connectivity index (χ4v) is 1.27. The zero-order valence-electron chi connectivity index (χ0n) is 9.57. The van der Waals surface area contributed by atoms with Gasteiger partial charge in [0.25, 0.3) is 0 Å². The van der Waals surface area contributed by atoms with Crippen molar-refractivity contribution >= 4 is 17.7 Å². The van der Waals surface area contributed by atoms with Crippen molar-refractivity contribution in [3.8, 4) is 0 Å². The van der Waals surface area contributed by atoms with Crippen LogP contribution in [0.5, 0.6) is 0 Å². The second kappa shape index (κ2) is 7.00. The average Bonchev–Trinajstić information content (AvgIpc) is 2.35. The molecule has 0 aromatic heterocycles. The molecule has 0 fully saturated rings. The Hall–Kier alpha value is -2.44. The van der Waals surface area contributed by atoms with Crippen LogP contribution in [-0.4, -0.2) is 28.7 Å². The SMILES string of the molecule is O=NN(CCCC(=O)O)C(=O)Nc1ccccc1. The fraction of sp³-hybridized carbons (Fsp3) is 0.273. The topological polar surface area (TPSA) is 99.1 Å². The molecule has 2 amide bonds. The number of nitrogens with zero attached hydrogens (tertiary/aromatic N) is 2. The Morgan fingerprint density at radius 2 is 1.94 bits per heavy atom. The van der Waals surface area contributed by atoms with Crippen LogP contribution in [0.3, 0.4) is 0 Å². The molecule has 18 heavy (non-hydrogen) atoms. The van der Waals surface area contributed by atoms with Gasteiger partial charge in [-0.25, -0.2) is 4.79 Å². The normalized spacial score (nSPS) is 9.56. The number of para-hydroxylation sites is 1. The minimum Gasteiger partial charge on any atom is -0.481 e. The molecule has 0 saturated carbocycles. The molecule has 0 heterocycles. The number of hydrogen-bond acceptors (Lipinski definition) is 4. The number of carboxylic acid groups (broad SMARTS) is 1. The number of aliphatic carboxylic acids is 1. The van der Waals surface area contributed by atoms with Gasteiger partial charge in [0.15, 0.2) is 0 Å². The number of nitrogens with one attached hydrogen (secondary N) is 1. The van der Waals surface area contributed by atoms with Crippen molar-refractivity contribution < 1.29 is 14.7 Å². The largest absolute Gasteiger partial charge is 0.481 e. The van der Waals surface area contributed by atoms with E-state index in [4.69, 9.17) is 5.11 Å². The van der Waals surface area contributed by atoms with Crippen molar-refractivity contribution in [2.24, 2.45) is 5.29 Å². The lowest BCUT2D eigenvalue weighted by Gasteiger charge is -2.13. The summed E-state index contributed by atoms with van der Waals surface area (Å²) < 4.78 is 0. The first-order valence-corrected chi connectivity index (χ1v) is 5.32. The number of nitroso groups, excluding NO2 is 1. The van der Waals surface area contributed by atoms with Gasteiger partial charge in [-0.1, -0.05) is 18.2 Å². The molecule has 0 unspecified atom stereocenters. The summed E-state index contributed by atoms with van der Waals surface area (Å²) in [4.78, 5) is 32.4. The van der Waals surface area contributed by atoms with Crippen molar-refractivity contribution in [3.63, 3.8) is 0 Å². The molecule has 0 spiro atoms. The summed E-state index contributed by atoms with van der Waals surface area (Å²) in [6.07, 6.45) is 0.0495. The van der Waals surface area contributed by atoms with Crippen LogP contribution in [0.25, 0.3) is 0 Å². The standard InChI is InChI=1S/C11H13N3O4/c15-10(16)7-4-8-14(13-18)11(17)12-9-5-2-1-3-6-9/h1-3,5-6H,4,7-8H2,(H,12,17)(H,15,16). The van der Waals surface area contributed by atoms with Crippen molar-refractivity contribution in [1.82, 2.24) is 5.01 Å². The first-order valence-electron chi connectivity index (χ1n) is 5.32. The van der Waals surface area contributed by atoms with Crippen LogP contribution < -0.4 is 5.32 Å². The Morgan fingerprint density at radius 3 is 2.50 bits per heavy atom. The summed E-state index contributed by atoms with van der Waals surface area (Å²) in [5, 5.41) is 14.1. The number of hydrogen-bond donors (Lipinski definition) is 2. The van der Waals surface area contributed by atoms with Crippen LogP contribution in [0.1, 0.15) is 12.8 Å². The highest BCUT2D eigenvalue weighted by Gasteiger charge is 2.14. The van der Waals surface area contributed by atoms with Gasteiger partial charge in [0.2, 0.25) is 0 Å². The molecule has 1 aromatic rings. The summed E-state index contributed by atoms with van der Waals surface area (Å²) >= 11 is 0. The zero-order valence-corrected chi connectivity index (χ0v) is 9.57. The van der Waals surface area contributed by atoms with Crippen LogP contribution in [0, 0.1) is 4.91 Å². The van der Waals surface area contributed by atoms with Crippen LogP contribution in [0.4, 0.5) is 10.5 Å². The number of carboxylic acids is 1. The second-order valence-electron chi connectivity index (χ2n) is 3.50. The van der Waals surface area contributed by atoms with E-state index in [0.29, 0.717) is 10.7 Å². The van der Waals surface area contributed by atoms with E-state index in [0.717, 1.165) is 0 Å². The van der Waals surface area contributed by atoms with Crippen LogP contribution in [0.15, 0.2) is 35.6 Å². The van der Waals surface area contributed by atoms with Crippen molar-refractivity contribution in [2.45, 2.75) is 12.8 Å². The third-order valence-electron chi connectivity index (χ3n) is 2.12. The fourth-order valence-electron chi connectivity index (χ4n) is 1.27. The third kappa shape index (κ3) is 4.60. The first kappa shape index (κ1) is 13.6. The third-order valence-corrected chi connectivity index (χ3v) is 2.12. The molecule has 0 atom stereocenters. The van der Waals surface area contributed by atoms with Crippen LogP contribution >= 0.6 is 0 Å². The highest BCUT2D eigenvalue weighted by Crippen LogP contribution is 2.07. The highest BCUT2D eigenvalue weighted by molar-refractivity contribution is 5.88. The molecule has 0 aliphatic heterocycles. The Labute approximate surface area is 103 Å². The Kier molecular flexibility index (Phi) is 5.30. The molecule has 0 radical (unpaired) electrons. The minimum atomic E-state index is -0.982. The Bertz CT molecular complexity index is 422. The molecule has 2 N–H and O–H groups in total. The van der Waals surface area contributed by atoms with Gasteiger partial charge in [0.05, 0.1) is 11.8 Å². The molecule has 0 aliphatic carbocycles. The molecule has 96 valence electrons. The minimum absolute atomic E-state index is 0.0333. The number of urea groups is 1. The van der Waals surface area contributed by atoms with E-state index in [-0.39, 0.29) is 19.4 Å². The maximum absolute atomic E-state index is 11.6. The molecule has 1 rings (SSSR count). The first-order chi connectivity index (χ1) is 8.63. The van der Waals surface area contributed by atoms with Crippen molar-refractivity contribution in [1.29, 1.82) is 0 Å². The number of anilines is 1. The lowest BCUT2D eigenvalue weighted by molar-refractivity contribution is -0.137. The summed E-state index contributed by atoms with van der Waals surface area (Å²) in [6.45, 7) is -0.0333. The second-order valence-corrected chi connectivity index (χ2v) is 3.50. The predicted molar refractivity (Wildman–Crippen MR) is 64.8 cm³/mol. The van der Waals surface area contributed by atoms with Gasteiger partial charge in [0, 0.05) is 12.1 Å². The number of benzene rings is 1. The maximum atomic E-state index is 11.6. The van der Waals surface area contributed by atoms with Gasteiger partial charge in [-0.15, -0.1) is 4.91 Å². The number of rotatable bonds is 6. The lowest BCUT2D eigenvalue weighted by Crippen LogP contribution is -2.31. The lowest BCUT2D eigenvalue weighted by atomic mass is 10.3. The quantitative estimate of drug-likeness (QED) is 0.597. The van der Waals surface area contributed by atoms with Gasteiger partial charge < -0.3 is 10.4 Å². The van der Waals surface area contributed by atoms with E-state index in [1.165, 1.54) is 0 Å². The smallest absolute Gasteiger partial charge is 0.344 e. The molecule has 7 heteroatoms. The summed E-state index contributed by atoms with van der Waals surface area (Å²) in [6, 6.07) is 7.91. The number of carbonyl (C=O) groups excluding carboxylic acids is 1. The van der Waals surface area contributed by atoms with E-state index in [1.807, 2.05) is 0 Å². The molecule has 0 bridgehead atoms. The summed E-state index contributed by atoms with van der Waals surface area (Å²) in [5.41, 5.74) is 0.536. The van der Waals surface area contributed by atoms with Crippen molar-refractivity contribution in [2.75, 3.05) is 11.9 Å². The molecule has 0 saturated heterocycles. The van der Waals surface area contributed by atoms with Gasteiger partial charge >= 0.3 is 12.0 Å². The van der Waals surface area contributed by atoms with E-state index < -0.39 is 12.0 Å². The Balaban J connectivity index is 2.47. The molecular weight excluding hydrogens is 238 g/mol. The summed E-state index contributed by atoms with van der Waals surface area (Å²) in [7, 11) is 0. The van der Waals surface area contributed by atoms with Crippen LogP contribution in [0.2, 0.25) is 0 Å². The highest BCUT2D eigenvalue weighted by atomic mass is 16.4. The summed E-state index contributed by atoms with van der Waals surface area (Å²) in [5.74, 6) is -0.982. The number of amides is 2. The molecular formula is C11H13N3O4. The van der Waals surface area contributed by atoms with Crippen molar-refractivity contribution in [3.05, 3.63) is 35.2 Å². The predicted octanol–water partition coefficient (Wildman–Crippen LogP) is 2.07. The Morgan fingerprint density at radius 1 is 1.28 bits per heavy atom. The molecule has 7 nitrogen and oxygen atoms in total. The van der Waals surface area contributed by atoms with Gasteiger partial charge in [0.1, 0.15) is 0 Å². The van der Waals surface area contributed by atoms with Gasteiger partial charge in [-0.2, -0.15) is 5.01 Å². The average molecular weight is 251 g/mol. The van der Waals surface area contributed by atoms with E-state index in [1.54, 1.807) is 30.3 Å². The van der Waals surface area contributed by atoms with Gasteiger partial charge in [-0.3, -0.25) is 4.79 Å². The van der Waals surface area contributed by atoms with Crippen LogP contribution in [-0.2, 0) is 4.79 Å². The number of carbonyl (C=O) groups is 2. The molecule has 1 aromatic carbocycles. The maximum Gasteiger partial charge on any atom is 0.344 e. The zero-order chi connectivity index (χ0) is 13.4. The van der Waals surface area contributed by atoms with E-state index >= 15 is 0 Å². The monoisotopic (exact) mass is 251 g/mol. The van der Waals surface area contributed by atoms with E-state index in [9.17, 15) is 14.5 Å². The molecule has 0 aliphatic rings. The van der Waals surface area contributed by atoms with Gasteiger partial charge in [-0.05, 0) is 18.6 Å². The van der Waals surface area contributed by atoms with E-state index in [2.05, 4.69) is 10.6 Å².